The highest BCUT2D eigenvalue weighted by molar-refractivity contribution is 7.08. The minimum atomic E-state index is 0.839. The molecule has 0 bridgehead atoms. The third kappa shape index (κ3) is 0.733. The second kappa shape index (κ2) is 1.84. The van der Waals surface area contributed by atoms with E-state index >= 15 is 0 Å². The average molecular weight is 138 g/mol. The summed E-state index contributed by atoms with van der Waals surface area (Å²) in [7, 11) is 0. The molecule has 0 saturated heterocycles. The summed E-state index contributed by atoms with van der Waals surface area (Å²) >= 11 is 1.71. The lowest BCUT2D eigenvalue weighted by atomic mass is 10.3. The number of nitrogens with one attached hydrogen (secondary N) is 1. The van der Waals surface area contributed by atoms with Crippen molar-refractivity contribution in [1.82, 2.24) is 0 Å². The molecule has 1 N–H and O–H groups in total. The summed E-state index contributed by atoms with van der Waals surface area (Å²) in [5.74, 6) is 0. The Bertz CT molecular complexity index is 216. The molecule has 0 radical (unpaired) electrons. The van der Waals surface area contributed by atoms with E-state index in [0.29, 0.717) is 0 Å². The molecule has 0 aliphatic carbocycles. The Morgan fingerprint density at radius 1 is 1.56 bits per heavy atom. The fourth-order valence-corrected chi connectivity index (χ4v) is 1.62. The van der Waals surface area contributed by atoms with Gasteiger partial charge >= 0.3 is 0 Å². The van der Waals surface area contributed by atoms with Gasteiger partial charge in [-0.3, -0.25) is 4.99 Å². The highest BCUT2D eigenvalue weighted by Crippen LogP contribution is 2.22. The van der Waals surface area contributed by atoms with Gasteiger partial charge in [0.1, 0.15) is 0 Å². The topological polar surface area (TPSA) is 24.4 Å². The minimum absolute atomic E-state index is 0.839. The molecular weight excluding hydrogens is 132 g/mol. The van der Waals surface area contributed by atoms with Crippen LogP contribution in [0.2, 0.25) is 0 Å². The van der Waals surface area contributed by atoms with Crippen molar-refractivity contribution in [3.05, 3.63) is 16.3 Å². The van der Waals surface area contributed by atoms with Gasteiger partial charge in [-0.25, -0.2) is 0 Å². The average Bonchev–Trinajstić information content (AvgIpc) is 2.33. The van der Waals surface area contributed by atoms with Crippen LogP contribution in [0.5, 0.6) is 0 Å². The van der Waals surface area contributed by atoms with Crippen LogP contribution in [0.1, 0.15) is 5.56 Å². The molecule has 1 aliphatic heterocycles. The van der Waals surface area contributed by atoms with Crippen LogP contribution in [0.3, 0.4) is 0 Å². The molecule has 2 rings (SSSR count). The van der Waals surface area contributed by atoms with Crippen molar-refractivity contribution < 1.29 is 0 Å². The SMILES string of the molecule is C1=NCc2cscc2N1. The summed E-state index contributed by atoms with van der Waals surface area (Å²) in [4.78, 5) is 4.06. The first kappa shape index (κ1) is 4.99. The van der Waals surface area contributed by atoms with E-state index < -0.39 is 0 Å². The maximum atomic E-state index is 4.06. The monoisotopic (exact) mass is 138 g/mol. The molecule has 9 heavy (non-hydrogen) atoms. The van der Waals surface area contributed by atoms with E-state index in [1.807, 2.05) is 0 Å². The zero-order valence-electron chi connectivity index (χ0n) is 4.79. The Kier molecular flexibility index (Phi) is 1.02. The van der Waals surface area contributed by atoms with Gasteiger partial charge in [-0.2, -0.15) is 0 Å². The predicted molar refractivity (Wildman–Crippen MR) is 40.1 cm³/mol. The molecular formula is C6H6N2S. The molecule has 3 heteroatoms. The number of hydrogen-bond donors (Lipinski definition) is 1. The number of rotatable bonds is 0. The zero-order valence-corrected chi connectivity index (χ0v) is 5.61. The Labute approximate surface area is 57.2 Å². The lowest BCUT2D eigenvalue weighted by molar-refractivity contribution is 1.07. The van der Waals surface area contributed by atoms with Gasteiger partial charge in [0.2, 0.25) is 0 Å². The summed E-state index contributed by atoms with van der Waals surface area (Å²) in [6.45, 7) is 0.839. The van der Waals surface area contributed by atoms with E-state index in [-0.39, 0.29) is 0 Å². The summed E-state index contributed by atoms with van der Waals surface area (Å²) in [5.41, 5.74) is 2.53. The van der Waals surface area contributed by atoms with Crippen molar-refractivity contribution in [2.75, 3.05) is 5.32 Å². The van der Waals surface area contributed by atoms with Crippen molar-refractivity contribution in [1.29, 1.82) is 0 Å². The second-order valence-electron chi connectivity index (χ2n) is 1.92. The number of aliphatic imine (C=N–C) groups is 1. The largest absolute Gasteiger partial charge is 0.346 e. The first-order valence-corrected chi connectivity index (χ1v) is 3.71. The second-order valence-corrected chi connectivity index (χ2v) is 2.67. The fourth-order valence-electron chi connectivity index (χ4n) is 0.832. The van der Waals surface area contributed by atoms with Gasteiger partial charge in [0.15, 0.2) is 0 Å². The summed E-state index contributed by atoms with van der Waals surface area (Å²) in [6.07, 6.45) is 1.75. The summed E-state index contributed by atoms with van der Waals surface area (Å²) in [6, 6.07) is 0. The van der Waals surface area contributed by atoms with Gasteiger partial charge in [0.05, 0.1) is 18.6 Å². The lowest BCUT2D eigenvalue weighted by Gasteiger charge is -2.04. The quantitative estimate of drug-likeness (QED) is 0.579. The molecule has 0 amide bonds. The van der Waals surface area contributed by atoms with Crippen molar-refractivity contribution in [3.63, 3.8) is 0 Å². The van der Waals surface area contributed by atoms with E-state index in [9.17, 15) is 0 Å². The Hall–Kier alpha value is -0.830. The van der Waals surface area contributed by atoms with E-state index in [4.69, 9.17) is 0 Å². The molecule has 46 valence electrons. The van der Waals surface area contributed by atoms with Crippen LogP contribution in [0.25, 0.3) is 0 Å². The van der Waals surface area contributed by atoms with Crippen LogP contribution in [0.15, 0.2) is 15.8 Å². The molecule has 1 aliphatic rings. The molecule has 0 aromatic carbocycles. The molecule has 0 atom stereocenters. The third-order valence-corrected chi connectivity index (χ3v) is 2.11. The van der Waals surface area contributed by atoms with E-state index in [0.717, 1.165) is 6.54 Å². The van der Waals surface area contributed by atoms with Gasteiger partial charge in [0, 0.05) is 10.9 Å². The molecule has 2 heterocycles. The van der Waals surface area contributed by atoms with Crippen molar-refractivity contribution >= 4 is 23.4 Å². The first-order valence-electron chi connectivity index (χ1n) is 2.77. The number of fused-ring (bicyclic) bond motifs is 1. The maximum Gasteiger partial charge on any atom is 0.0872 e. The zero-order chi connectivity index (χ0) is 6.10. The van der Waals surface area contributed by atoms with Gasteiger partial charge in [0.25, 0.3) is 0 Å². The Balaban J connectivity index is 2.46. The van der Waals surface area contributed by atoms with Crippen molar-refractivity contribution in [2.24, 2.45) is 4.99 Å². The van der Waals surface area contributed by atoms with Crippen LogP contribution in [0, 0.1) is 0 Å². The van der Waals surface area contributed by atoms with Crippen LogP contribution >= 0.6 is 11.3 Å². The van der Waals surface area contributed by atoms with Crippen molar-refractivity contribution in [2.45, 2.75) is 6.54 Å². The van der Waals surface area contributed by atoms with E-state index in [2.05, 4.69) is 21.1 Å². The van der Waals surface area contributed by atoms with Crippen LogP contribution in [-0.2, 0) is 6.54 Å². The van der Waals surface area contributed by atoms with E-state index in [1.165, 1.54) is 11.3 Å². The van der Waals surface area contributed by atoms with E-state index in [1.54, 1.807) is 17.7 Å². The lowest BCUT2D eigenvalue weighted by Crippen LogP contribution is -2.01. The van der Waals surface area contributed by atoms with Gasteiger partial charge in [-0.1, -0.05) is 0 Å². The molecule has 1 aromatic rings. The van der Waals surface area contributed by atoms with Gasteiger partial charge in [-0.15, -0.1) is 11.3 Å². The number of thiophene rings is 1. The molecule has 0 unspecified atom stereocenters. The van der Waals surface area contributed by atoms with Crippen LogP contribution in [-0.4, -0.2) is 6.34 Å². The van der Waals surface area contributed by atoms with Gasteiger partial charge in [-0.05, 0) is 5.38 Å². The Morgan fingerprint density at radius 2 is 2.56 bits per heavy atom. The van der Waals surface area contributed by atoms with Crippen LogP contribution in [0.4, 0.5) is 5.69 Å². The first-order chi connectivity index (χ1) is 4.47. The molecule has 0 saturated carbocycles. The number of hydrogen-bond acceptors (Lipinski definition) is 3. The smallest absolute Gasteiger partial charge is 0.0872 e. The minimum Gasteiger partial charge on any atom is -0.346 e. The summed E-state index contributed by atoms with van der Waals surface area (Å²) in [5, 5.41) is 7.28. The molecule has 1 aromatic heterocycles. The highest BCUT2D eigenvalue weighted by Gasteiger charge is 2.03. The number of nitrogens with zero attached hydrogens (tertiary/aromatic N) is 1. The predicted octanol–water partition coefficient (Wildman–Crippen LogP) is 1.70. The molecule has 0 spiro atoms. The summed E-state index contributed by atoms with van der Waals surface area (Å²) < 4.78 is 0. The van der Waals surface area contributed by atoms with Crippen LogP contribution < -0.4 is 5.32 Å². The van der Waals surface area contributed by atoms with Gasteiger partial charge < -0.3 is 5.32 Å². The number of anilines is 1. The third-order valence-electron chi connectivity index (χ3n) is 1.32. The normalized spacial score (nSPS) is 14.7. The maximum absolute atomic E-state index is 4.06. The standard InChI is InChI=1S/C6H6N2S/c1-5-2-9-3-6(5)8-4-7-1/h2-4H,1H2,(H,7,8). The molecule has 0 fully saturated rings. The molecule has 2 nitrogen and oxygen atoms in total. The Morgan fingerprint density at radius 3 is 3.44 bits per heavy atom. The van der Waals surface area contributed by atoms with Crippen molar-refractivity contribution in [3.8, 4) is 0 Å². The fraction of sp³-hybridized carbons (Fsp3) is 0.167. The highest BCUT2D eigenvalue weighted by atomic mass is 32.1.